The lowest BCUT2D eigenvalue weighted by Crippen LogP contribution is -2.32. The zero-order valence-corrected chi connectivity index (χ0v) is 16.0. The number of hydrogen-bond acceptors (Lipinski definition) is 4. The summed E-state index contributed by atoms with van der Waals surface area (Å²) in [5.41, 5.74) is 0.942. The van der Waals surface area contributed by atoms with Crippen molar-refractivity contribution >= 4 is 40.7 Å². The number of ether oxygens (including phenoxy) is 1. The van der Waals surface area contributed by atoms with Gasteiger partial charge in [-0.15, -0.1) is 0 Å². The molecular formula is C20H17Cl2NO4. The van der Waals surface area contributed by atoms with Gasteiger partial charge in [-0.05, 0) is 17.7 Å². The topological polar surface area (TPSA) is 66.8 Å². The fourth-order valence-electron chi connectivity index (χ4n) is 3.10. The van der Waals surface area contributed by atoms with Crippen LogP contribution in [0.5, 0.6) is 0 Å². The molecule has 1 atom stereocenters. The summed E-state index contributed by atoms with van der Waals surface area (Å²) in [5, 5.41) is 11.5. The Bertz CT molecular complexity index is 911. The van der Waals surface area contributed by atoms with Crippen LogP contribution in [-0.2, 0) is 14.3 Å². The lowest BCUT2D eigenvalue weighted by molar-refractivity contribution is -0.140. The average molecular weight is 406 g/mol. The standard InChI is InChI=1S/C20H17Cl2NO4/c1-27-10-9-23-17(14-8-7-13(21)11-15(14)22)16(19(25)20(23)26)18(24)12-5-3-2-4-6-12/h2-8,11,17,24H,9-10H2,1H3/b18-16+. The lowest BCUT2D eigenvalue weighted by Gasteiger charge is -2.25. The molecule has 5 nitrogen and oxygen atoms in total. The number of carbonyl (C=O) groups excluding carboxylic acids is 2. The fraction of sp³-hybridized carbons (Fsp3) is 0.200. The summed E-state index contributed by atoms with van der Waals surface area (Å²) in [6, 6.07) is 12.6. The van der Waals surface area contributed by atoms with Crippen LogP contribution in [0.15, 0.2) is 54.1 Å². The molecule has 0 saturated carbocycles. The molecule has 7 heteroatoms. The zero-order chi connectivity index (χ0) is 19.6. The third kappa shape index (κ3) is 3.72. The number of likely N-dealkylation sites (tertiary alicyclic amines) is 1. The van der Waals surface area contributed by atoms with Crippen LogP contribution < -0.4 is 0 Å². The summed E-state index contributed by atoms with van der Waals surface area (Å²) in [6.45, 7) is 0.413. The Balaban J connectivity index is 2.20. The lowest BCUT2D eigenvalue weighted by atomic mass is 9.95. The Morgan fingerprint density at radius 2 is 1.85 bits per heavy atom. The SMILES string of the molecule is COCCN1C(=O)C(=O)/C(=C(/O)c2ccccc2)C1c1ccc(Cl)cc1Cl. The van der Waals surface area contributed by atoms with Crippen LogP contribution in [0, 0.1) is 0 Å². The first kappa shape index (κ1) is 19.4. The second-order valence-corrected chi connectivity index (χ2v) is 6.86. The Labute approximate surface area is 166 Å². The number of ketones is 1. The number of aliphatic hydroxyl groups is 1. The third-order valence-corrected chi connectivity index (χ3v) is 4.94. The fourth-order valence-corrected chi connectivity index (χ4v) is 3.61. The van der Waals surface area contributed by atoms with Gasteiger partial charge in [-0.2, -0.15) is 0 Å². The van der Waals surface area contributed by atoms with E-state index in [1.807, 2.05) is 0 Å². The van der Waals surface area contributed by atoms with E-state index in [1.165, 1.54) is 18.1 Å². The summed E-state index contributed by atoms with van der Waals surface area (Å²) in [4.78, 5) is 26.7. The van der Waals surface area contributed by atoms with Crippen molar-refractivity contribution in [3.05, 3.63) is 75.3 Å². The minimum Gasteiger partial charge on any atom is -0.507 e. The van der Waals surface area contributed by atoms with Gasteiger partial charge in [-0.3, -0.25) is 9.59 Å². The number of Topliss-reactive ketones (excluding diaryl/α,β-unsaturated/α-hetero) is 1. The van der Waals surface area contributed by atoms with E-state index in [1.54, 1.807) is 42.5 Å². The molecule has 0 bridgehead atoms. The molecule has 1 unspecified atom stereocenters. The maximum Gasteiger partial charge on any atom is 0.295 e. The number of halogens is 2. The molecule has 0 spiro atoms. The van der Waals surface area contributed by atoms with E-state index in [4.69, 9.17) is 27.9 Å². The van der Waals surface area contributed by atoms with Crippen molar-refractivity contribution in [1.29, 1.82) is 0 Å². The van der Waals surface area contributed by atoms with E-state index in [9.17, 15) is 14.7 Å². The summed E-state index contributed by atoms with van der Waals surface area (Å²) in [6.07, 6.45) is 0. The van der Waals surface area contributed by atoms with Gasteiger partial charge >= 0.3 is 0 Å². The molecule has 1 fully saturated rings. The van der Waals surface area contributed by atoms with E-state index in [-0.39, 0.29) is 24.5 Å². The predicted octanol–water partition coefficient (Wildman–Crippen LogP) is 4.06. The van der Waals surface area contributed by atoms with Gasteiger partial charge in [0, 0.05) is 29.3 Å². The molecule has 1 heterocycles. The van der Waals surface area contributed by atoms with Gasteiger partial charge < -0.3 is 14.7 Å². The number of aliphatic hydroxyl groups excluding tert-OH is 1. The highest BCUT2D eigenvalue weighted by Crippen LogP contribution is 2.42. The monoisotopic (exact) mass is 405 g/mol. The van der Waals surface area contributed by atoms with Crippen molar-refractivity contribution in [1.82, 2.24) is 4.90 Å². The Kier molecular flexibility index (Phi) is 5.85. The number of methoxy groups -OCH3 is 1. The van der Waals surface area contributed by atoms with Crippen LogP contribution in [0.4, 0.5) is 0 Å². The van der Waals surface area contributed by atoms with Gasteiger partial charge in [-0.1, -0.05) is 59.6 Å². The quantitative estimate of drug-likeness (QED) is 0.462. The maximum atomic E-state index is 12.7. The molecule has 1 saturated heterocycles. The zero-order valence-electron chi connectivity index (χ0n) is 14.5. The van der Waals surface area contributed by atoms with Crippen molar-refractivity contribution in [2.45, 2.75) is 6.04 Å². The number of carbonyl (C=O) groups is 2. The van der Waals surface area contributed by atoms with Gasteiger partial charge in [0.15, 0.2) is 0 Å². The number of nitrogens with zero attached hydrogens (tertiary/aromatic N) is 1. The molecule has 1 aliphatic rings. The Hall–Kier alpha value is -2.34. The molecule has 2 aromatic carbocycles. The first-order valence-corrected chi connectivity index (χ1v) is 8.99. The van der Waals surface area contributed by atoms with Gasteiger partial charge in [0.05, 0.1) is 18.2 Å². The second kappa shape index (κ2) is 8.13. The molecule has 0 aliphatic carbocycles. The summed E-state index contributed by atoms with van der Waals surface area (Å²) >= 11 is 12.3. The van der Waals surface area contributed by atoms with Gasteiger partial charge in [0.2, 0.25) is 0 Å². The Morgan fingerprint density at radius 3 is 2.48 bits per heavy atom. The molecular weight excluding hydrogens is 389 g/mol. The average Bonchev–Trinajstić information content (AvgIpc) is 2.91. The molecule has 1 amide bonds. The molecule has 0 radical (unpaired) electrons. The van der Waals surface area contributed by atoms with Crippen molar-refractivity contribution in [3.8, 4) is 0 Å². The first-order chi connectivity index (χ1) is 13.0. The van der Waals surface area contributed by atoms with Crippen molar-refractivity contribution in [2.24, 2.45) is 0 Å². The van der Waals surface area contributed by atoms with E-state index in [0.717, 1.165) is 0 Å². The molecule has 1 aliphatic heterocycles. The van der Waals surface area contributed by atoms with E-state index in [2.05, 4.69) is 0 Å². The van der Waals surface area contributed by atoms with Crippen LogP contribution >= 0.6 is 23.2 Å². The minimum atomic E-state index is -0.829. The van der Waals surface area contributed by atoms with E-state index >= 15 is 0 Å². The third-order valence-electron chi connectivity index (χ3n) is 4.38. The van der Waals surface area contributed by atoms with Crippen molar-refractivity contribution < 1.29 is 19.4 Å². The molecule has 0 aromatic heterocycles. The normalized spacial score (nSPS) is 18.9. The highest BCUT2D eigenvalue weighted by molar-refractivity contribution is 6.47. The Morgan fingerprint density at radius 1 is 1.15 bits per heavy atom. The van der Waals surface area contributed by atoms with Crippen LogP contribution in [0.1, 0.15) is 17.2 Å². The molecule has 3 rings (SSSR count). The van der Waals surface area contributed by atoms with Crippen LogP contribution in [0.2, 0.25) is 10.0 Å². The number of rotatable bonds is 5. The second-order valence-electron chi connectivity index (χ2n) is 6.02. The maximum absolute atomic E-state index is 12.7. The number of benzene rings is 2. The minimum absolute atomic E-state index is 0.00785. The van der Waals surface area contributed by atoms with E-state index in [0.29, 0.717) is 21.2 Å². The van der Waals surface area contributed by atoms with Gasteiger partial charge in [-0.25, -0.2) is 0 Å². The summed E-state index contributed by atoms with van der Waals surface area (Å²) in [5.74, 6) is -1.71. The van der Waals surface area contributed by atoms with E-state index < -0.39 is 17.7 Å². The van der Waals surface area contributed by atoms with Gasteiger partial charge in [0.25, 0.3) is 11.7 Å². The number of amides is 1. The highest BCUT2D eigenvalue weighted by Gasteiger charge is 2.46. The molecule has 140 valence electrons. The van der Waals surface area contributed by atoms with Crippen molar-refractivity contribution in [3.63, 3.8) is 0 Å². The summed E-state index contributed by atoms with van der Waals surface area (Å²) in [7, 11) is 1.50. The molecule has 27 heavy (non-hydrogen) atoms. The largest absolute Gasteiger partial charge is 0.507 e. The first-order valence-electron chi connectivity index (χ1n) is 8.23. The van der Waals surface area contributed by atoms with Gasteiger partial charge in [0.1, 0.15) is 5.76 Å². The summed E-state index contributed by atoms with van der Waals surface area (Å²) < 4.78 is 5.06. The van der Waals surface area contributed by atoms with Crippen LogP contribution in [0.25, 0.3) is 5.76 Å². The van der Waals surface area contributed by atoms with Crippen LogP contribution in [-0.4, -0.2) is 42.0 Å². The molecule has 1 N–H and O–H groups in total. The predicted molar refractivity (Wildman–Crippen MR) is 104 cm³/mol. The number of hydrogen-bond donors (Lipinski definition) is 1. The highest BCUT2D eigenvalue weighted by atomic mass is 35.5. The smallest absolute Gasteiger partial charge is 0.295 e. The molecule has 2 aromatic rings. The van der Waals surface area contributed by atoms with Crippen LogP contribution in [0.3, 0.4) is 0 Å². The van der Waals surface area contributed by atoms with Crippen molar-refractivity contribution in [2.75, 3.05) is 20.3 Å².